The van der Waals surface area contributed by atoms with Gasteiger partial charge in [0.05, 0.1) is 0 Å². The van der Waals surface area contributed by atoms with E-state index in [4.69, 9.17) is 19.4 Å². The van der Waals surface area contributed by atoms with Crippen molar-refractivity contribution in [1.29, 1.82) is 0 Å². The Morgan fingerprint density at radius 3 is 1.50 bits per heavy atom. The number of fused-ring (bicyclic) bond motifs is 3. The fourth-order valence-electron chi connectivity index (χ4n) is 9.26. The van der Waals surface area contributed by atoms with Crippen molar-refractivity contribution in [1.82, 2.24) is 15.0 Å². The van der Waals surface area contributed by atoms with Gasteiger partial charge in [-0.2, -0.15) is 0 Å². The van der Waals surface area contributed by atoms with Gasteiger partial charge in [-0.15, -0.1) is 0 Å². The number of hydrogen-bond donors (Lipinski definition) is 0. The average Bonchev–Trinajstić information content (AvgIpc) is 3.75. The second-order valence-electron chi connectivity index (χ2n) is 16.2. The van der Waals surface area contributed by atoms with Crippen LogP contribution in [0.25, 0.3) is 112 Å². The summed E-state index contributed by atoms with van der Waals surface area (Å²) >= 11 is 0. The zero-order chi connectivity index (χ0) is 43.0. The first kappa shape index (κ1) is 38.7. The molecular weight excluding hydrogens is 779 g/mol. The molecule has 4 nitrogen and oxygen atoms in total. The monoisotopic (exact) mass is 821 g/mol. The number of rotatable bonds is 9. The van der Waals surface area contributed by atoms with E-state index in [1.54, 1.807) is 0 Å². The maximum absolute atomic E-state index is 6.43. The number of hydrogen-bond acceptors (Lipinski definition) is 4. The largest absolute Gasteiger partial charge is 0.456 e. The van der Waals surface area contributed by atoms with Gasteiger partial charge in [0.25, 0.3) is 0 Å². The molecule has 0 radical (unpaired) electrons. The van der Waals surface area contributed by atoms with E-state index in [0.717, 1.165) is 61.7 Å². The molecule has 0 amide bonds. The molecule has 64 heavy (non-hydrogen) atoms. The summed E-state index contributed by atoms with van der Waals surface area (Å²) in [5, 5.41) is 2.00. The van der Waals surface area contributed by atoms with Crippen LogP contribution in [0.2, 0.25) is 0 Å². The third kappa shape index (κ3) is 7.05. The summed E-state index contributed by atoms with van der Waals surface area (Å²) < 4.78 is 6.43. The van der Waals surface area contributed by atoms with Crippen molar-refractivity contribution in [3.8, 4) is 89.8 Å². The number of benzene rings is 9. The Morgan fingerprint density at radius 2 is 0.812 bits per heavy atom. The van der Waals surface area contributed by atoms with E-state index >= 15 is 0 Å². The second-order valence-corrected chi connectivity index (χ2v) is 16.2. The smallest absolute Gasteiger partial charge is 0.164 e. The van der Waals surface area contributed by atoms with Crippen LogP contribution in [-0.4, -0.2) is 15.0 Å². The zero-order valence-corrected chi connectivity index (χ0v) is 35.7. The van der Waals surface area contributed by atoms with E-state index < -0.39 is 0 Å². The van der Waals surface area contributed by atoms with Gasteiger partial charge in [-0.05, 0) is 98.3 Å². The Morgan fingerprint density at radius 1 is 0.344 bits per heavy atom. The minimum absolute atomic E-state index is 0.594. The molecule has 0 fully saturated rings. The lowest BCUT2D eigenvalue weighted by atomic mass is 9.85. The molecule has 0 atom stereocenters. The van der Waals surface area contributed by atoms with Crippen LogP contribution < -0.4 is 0 Å². The lowest BCUT2D eigenvalue weighted by molar-refractivity contribution is 0.669. The highest BCUT2D eigenvalue weighted by Crippen LogP contribution is 2.42. The molecule has 0 saturated heterocycles. The van der Waals surface area contributed by atoms with Gasteiger partial charge in [-0.3, -0.25) is 0 Å². The van der Waals surface area contributed by atoms with Crippen molar-refractivity contribution >= 4 is 21.9 Å². The minimum atomic E-state index is 0.594. The van der Waals surface area contributed by atoms with Crippen LogP contribution in [0.15, 0.2) is 217 Å². The topological polar surface area (TPSA) is 51.8 Å². The van der Waals surface area contributed by atoms with E-state index in [0.29, 0.717) is 17.5 Å². The van der Waals surface area contributed by atoms with Gasteiger partial charge in [0, 0.05) is 27.5 Å². The lowest BCUT2D eigenvalue weighted by Crippen LogP contribution is -2.00. The maximum atomic E-state index is 6.43. The van der Waals surface area contributed by atoms with Crippen molar-refractivity contribution in [2.45, 2.75) is 20.3 Å². The van der Waals surface area contributed by atoms with Crippen molar-refractivity contribution < 1.29 is 4.42 Å². The summed E-state index contributed by atoms with van der Waals surface area (Å²) in [4.78, 5) is 15.4. The van der Waals surface area contributed by atoms with E-state index in [-0.39, 0.29) is 0 Å². The summed E-state index contributed by atoms with van der Waals surface area (Å²) in [5.74, 6) is 1.82. The highest BCUT2D eigenvalue weighted by Gasteiger charge is 2.20. The molecule has 0 aliphatic carbocycles. The Hall–Kier alpha value is -8.21. The predicted octanol–water partition coefficient (Wildman–Crippen LogP) is 16.0. The molecule has 2 aromatic heterocycles. The molecule has 4 heteroatoms. The number of furan rings is 1. The van der Waals surface area contributed by atoms with Crippen LogP contribution in [0, 0.1) is 6.92 Å². The standard InChI is InChI=1S/C60H43N3O/c1-3-46-49(28-16-29-51(46)47-26-15-27-48(39(47)2)52-25-14-13-24-50(52)41-20-9-5-10-21-41)42-32-34-44(35-33-42)59-61-58(43-22-11-6-12-23-43)62-60(63-59)53-30-17-31-56-57(53)54-38-45(36-37-55(54)64-56)40-18-7-4-8-19-40/h4-38H,3H2,1-2H3. The molecule has 0 spiro atoms. The molecule has 11 rings (SSSR count). The number of nitrogens with zero attached hydrogens (tertiary/aromatic N) is 3. The first-order valence-corrected chi connectivity index (χ1v) is 21.9. The summed E-state index contributed by atoms with van der Waals surface area (Å²) in [6, 6.07) is 74.6. The van der Waals surface area contributed by atoms with Gasteiger partial charge >= 0.3 is 0 Å². The first-order valence-electron chi connectivity index (χ1n) is 21.9. The summed E-state index contributed by atoms with van der Waals surface area (Å²) in [6.45, 7) is 4.52. The fourth-order valence-corrected chi connectivity index (χ4v) is 9.26. The van der Waals surface area contributed by atoms with E-state index in [2.05, 4.69) is 178 Å². The average molecular weight is 822 g/mol. The third-order valence-corrected chi connectivity index (χ3v) is 12.4. The zero-order valence-electron chi connectivity index (χ0n) is 35.7. The Labute approximate surface area is 373 Å². The van der Waals surface area contributed by atoms with Crippen molar-refractivity contribution in [3.63, 3.8) is 0 Å². The molecule has 9 aromatic carbocycles. The fraction of sp³-hybridized carbons (Fsp3) is 0.0500. The Bertz CT molecular complexity index is 3470. The predicted molar refractivity (Wildman–Crippen MR) is 265 cm³/mol. The van der Waals surface area contributed by atoms with Gasteiger partial charge in [0.15, 0.2) is 17.5 Å². The third-order valence-electron chi connectivity index (χ3n) is 12.4. The van der Waals surface area contributed by atoms with Crippen molar-refractivity contribution in [2.24, 2.45) is 0 Å². The van der Waals surface area contributed by atoms with Gasteiger partial charge in [0.2, 0.25) is 0 Å². The van der Waals surface area contributed by atoms with E-state index in [1.807, 2.05) is 48.5 Å². The molecular formula is C60H43N3O. The maximum Gasteiger partial charge on any atom is 0.164 e. The Balaban J connectivity index is 0.992. The molecule has 0 N–H and O–H groups in total. The summed E-state index contributed by atoms with van der Waals surface area (Å²) in [6.07, 6.45) is 0.885. The molecule has 2 heterocycles. The normalized spacial score (nSPS) is 11.3. The van der Waals surface area contributed by atoms with E-state index in [9.17, 15) is 0 Å². The highest BCUT2D eigenvalue weighted by molar-refractivity contribution is 6.12. The number of aromatic nitrogens is 3. The quantitative estimate of drug-likeness (QED) is 0.146. The van der Waals surface area contributed by atoms with Gasteiger partial charge in [0.1, 0.15) is 11.2 Å². The highest BCUT2D eigenvalue weighted by atomic mass is 16.3. The second kappa shape index (κ2) is 16.6. The van der Waals surface area contributed by atoms with Crippen LogP contribution in [0.1, 0.15) is 18.1 Å². The van der Waals surface area contributed by atoms with Crippen LogP contribution in [0.3, 0.4) is 0 Å². The van der Waals surface area contributed by atoms with Gasteiger partial charge in [-0.25, -0.2) is 15.0 Å². The molecule has 0 unspecified atom stereocenters. The molecule has 11 aromatic rings. The minimum Gasteiger partial charge on any atom is -0.456 e. The van der Waals surface area contributed by atoms with Gasteiger partial charge in [-0.1, -0.05) is 201 Å². The van der Waals surface area contributed by atoms with Crippen LogP contribution in [0.5, 0.6) is 0 Å². The van der Waals surface area contributed by atoms with Crippen molar-refractivity contribution in [3.05, 3.63) is 223 Å². The molecule has 0 saturated carbocycles. The molecule has 304 valence electrons. The Kier molecular flexibility index (Phi) is 10.0. The summed E-state index contributed by atoms with van der Waals surface area (Å²) in [7, 11) is 0. The molecule has 0 aliphatic rings. The SMILES string of the molecule is CCc1c(-c2ccc(-c3nc(-c4ccccc4)nc(-c4cccc5oc6ccc(-c7ccccc7)cc6c45)n3)cc2)cccc1-c1cccc(-c2ccccc2-c2ccccc2)c1C. The van der Waals surface area contributed by atoms with Crippen LogP contribution in [-0.2, 0) is 6.42 Å². The van der Waals surface area contributed by atoms with Crippen LogP contribution in [0.4, 0.5) is 0 Å². The van der Waals surface area contributed by atoms with Gasteiger partial charge < -0.3 is 4.42 Å². The molecule has 0 bridgehead atoms. The van der Waals surface area contributed by atoms with Crippen molar-refractivity contribution in [2.75, 3.05) is 0 Å². The first-order chi connectivity index (χ1) is 31.6. The lowest BCUT2D eigenvalue weighted by Gasteiger charge is -2.19. The van der Waals surface area contributed by atoms with E-state index in [1.165, 1.54) is 50.1 Å². The van der Waals surface area contributed by atoms with Crippen LogP contribution >= 0.6 is 0 Å². The summed E-state index contributed by atoms with van der Waals surface area (Å²) in [5.41, 5.74) is 19.0. The molecule has 0 aliphatic heterocycles.